The van der Waals surface area contributed by atoms with Crippen LogP contribution in [0.3, 0.4) is 0 Å². The Morgan fingerprint density at radius 3 is 2.27 bits per heavy atom. The number of unbranched alkanes of at least 4 members (excludes halogenated alkanes) is 8. The third kappa shape index (κ3) is 20.1. The molecule has 0 aromatic carbocycles. The second kappa shape index (κ2) is 22.5. The molecular weight excluding hydrogens is 414 g/mol. The first kappa shape index (κ1) is 28.8. The Bertz CT molecular complexity index is 486. The van der Waals surface area contributed by atoms with E-state index < -0.39 is 16.0 Å². The molecule has 0 aromatic rings. The van der Waals surface area contributed by atoms with Crippen LogP contribution >= 0.6 is 0 Å². The van der Waals surface area contributed by atoms with Gasteiger partial charge in [0.15, 0.2) is 0 Å². The van der Waals surface area contributed by atoms with Gasteiger partial charge >= 0.3 is 16.0 Å². The van der Waals surface area contributed by atoms with Crippen LogP contribution in [0.4, 0.5) is 0 Å². The molecule has 0 bridgehead atoms. The van der Waals surface area contributed by atoms with E-state index >= 15 is 0 Å². The van der Waals surface area contributed by atoms with Crippen LogP contribution in [0.25, 0.3) is 0 Å². The number of carbonyl (C=O) groups is 2. The van der Waals surface area contributed by atoms with Crippen LogP contribution in [0.15, 0.2) is 24.3 Å². The van der Waals surface area contributed by atoms with Gasteiger partial charge in [0.2, 0.25) is 5.91 Å². The van der Waals surface area contributed by atoms with Gasteiger partial charge in [-0.3, -0.25) is 14.1 Å². The fourth-order valence-corrected chi connectivity index (χ4v) is 3.79. The maximum absolute atomic E-state index is 10.9. The van der Waals surface area contributed by atoms with Crippen molar-refractivity contribution in [1.82, 2.24) is 5.06 Å². The van der Waals surface area contributed by atoms with E-state index in [1.54, 1.807) is 0 Å². The number of aliphatic carboxylic acids is 1. The predicted octanol–water partition coefficient (Wildman–Crippen LogP) is 3.72. The summed E-state index contributed by atoms with van der Waals surface area (Å²) in [5.41, 5.74) is 0. The molecule has 0 aromatic heterocycles. The van der Waals surface area contributed by atoms with Crippen LogP contribution in [0.2, 0.25) is 0 Å². The Labute approximate surface area is 188 Å². The summed E-state index contributed by atoms with van der Waals surface area (Å²) >= 11 is 0. The summed E-state index contributed by atoms with van der Waals surface area (Å²) in [5, 5.41) is 9.94. The predicted molar refractivity (Wildman–Crippen MR) is 129 cm³/mol. The minimum atomic E-state index is -0.873. The number of carboxylic acid groups (broad SMARTS) is 1. The summed E-state index contributed by atoms with van der Waals surface area (Å²) < 4.78 is 10.0. The van der Waals surface area contributed by atoms with E-state index in [2.05, 4.69) is 31.2 Å². The van der Waals surface area contributed by atoms with Crippen molar-refractivity contribution in [2.24, 2.45) is 0 Å². The number of allylic oxidation sites excluding steroid dienone is 4. The quantitative estimate of drug-likeness (QED) is 0.205. The van der Waals surface area contributed by atoms with Gasteiger partial charge in [0.1, 0.15) is 10.5 Å². The molecule has 1 fully saturated rings. The molecule has 0 aliphatic carbocycles. The van der Waals surface area contributed by atoms with Crippen LogP contribution in [0.1, 0.15) is 96.8 Å². The maximum atomic E-state index is 10.9. The van der Waals surface area contributed by atoms with Gasteiger partial charge in [-0.1, -0.05) is 63.3 Å². The van der Waals surface area contributed by atoms with Crippen LogP contribution in [-0.4, -0.2) is 49.1 Å². The highest BCUT2D eigenvalue weighted by Gasteiger charge is 2.20. The van der Waals surface area contributed by atoms with E-state index in [0.717, 1.165) is 38.6 Å². The zero-order valence-electron chi connectivity index (χ0n) is 19.2. The lowest BCUT2D eigenvalue weighted by molar-refractivity contribution is -0.151. The van der Waals surface area contributed by atoms with Crippen LogP contribution in [0.5, 0.6) is 0 Å². The molecule has 6 nitrogen and oxygen atoms in total. The summed E-state index contributed by atoms with van der Waals surface area (Å²) in [7, 11) is -0.161. The summed E-state index contributed by atoms with van der Waals surface area (Å²) in [5.74, 6) is -0.568. The lowest BCUT2D eigenvalue weighted by Crippen LogP contribution is -2.27. The molecule has 1 rings (SSSR count). The second-order valence-corrected chi connectivity index (χ2v) is 10.3. The Balaban J connectivity index is 0.000000696. The molecular formula is C22H43NO5Si2. The lowest BCUT2D eigenvalue weighted by atomic mass is 10.1. The molecule has 174 valence electrons. The zero-order valence-corrected chi connectivity index (χ0v) is 22.6. The number of hydrogen-bond acceptors (Lipinski definition) is 4. The van der Waals surface area contributed by atoms with Crippen molar-refractivity contribution in [3.63, 3.8) is 0 Å². The van der Waals surface area contributed by atoms with Crippen molar-refractivity contribution in [2.75, 3.05) is 6.54 Å². The fraction of sp³-hybridized carbons (Fsp3) is 0.727. The number of hydrogen-bond donors (Lipinski definition) is 1. The van der Waals surface area contributed by atoms with Crippen molar-refractivity contribution in [3.8, 4) is 0 Å². The van der Waals surface area contributed by atoms with E-state index in [4.69, 9.17) is 13.7 Å². The number of carbonyl (C=O) groups excluding carboxylic acids is 1. The smallest absolute Gasteiger partial charge is 0.324 e. The Hall–Kier alpha value is -1.23. The average molecular weight is 458 g/mol. The molecule has 30 heavy (non-hydrogen) atoms. The number of hydroxylamine groups is 2. The monoisotopic (exact) mass is 457 g/mol. The standard InChI is InChI=1S/C18H32O2.C4H11NO3Si2/c1-2-3-4-5-6-7-8-9-10-11-12-13-14-15-16-17-18(19)20;6-4-2-1-3-5(4)7-10-8-9/h6-7,9-10H,2-5,8,11-17H2,1H3,(H,19,20);1-3,10H2,9H3/b7-6-,10-9-;. The van der Waals surface area contributed by atoms with Gasteiger partial charge in [0, 0.05) is 19.4 Å². The summed E-state index contributed by atoms with van der Waals surface area (Å²) in [6, 6.07) is 0. The van der Waals surface area contributed by atoms with Gasteiger partial charge in [-0.25, -0.2) is 5.06 Å². The first-order valence-electron chi connectivity index (χ1n) is 11.6. The fourth-order valence-electron chi connectivity index (χ4n) is 2.96. The molecule has 1 heterocycles. The van der Waals surface area contributed by atoms with Gasteiger partial charge < -0.3 is 9.22 Å². The van der Waals surface area contributed by atoms with Crippen LogP contribution in [0, 0.1) is 0 Å². The molecule has 1 aliphatic heterocycles. The Morgan fingerprint density at radius 2 is 1.70 bits per heavy atom. The van der Waals surface area contributed by atoms with Crippen molar-refractivity contribution < 1.29 is 23.3 Å². The second-order valence-electron chi connectivity index (χ2n) is 7.51. The average Bonchev–Trinajstić information content (AvgIpc) is 3.14. The molecule has 0 saturated carbocycles. The minimum Gasteiger partial charge on any atom is -0.481 e. The normalized spacial score (nSPS) is 14.4. The number of nitrogens with zero attached hydrogens (tertiary/aromatic N) is 1. The van der Waals surface area contributed by atoms with Gasteiger partial charge in [0.05, 0.1) is 0 Å². The summed E-state index contributed by atoms with van der Waals surface area (Å²) in [6.45, 7) is 2.98. The summed E-state index contributed by atoms with van der Waals surface area (Å²) in [4.78, 5) is 21.2. The molecule has 0 unspecified atom stereocenters. The molecule has 1 aliphatic rings. The van der Waals surface area contributed by atoms with Crippen molar-refractivity contribution in [1.29, 1.82) is 0 Å². The SMILES string of the molecule is CCCCC/C=C\C/C=C\CCCCCCCC(=O)O.O=C1CCCN1O[SiH2]O[SiH3]. The molecule has 1 N–H and O–H groups in total. The number of amides is 1. The third-order valence-corrected chi connectivity index (χ3v) is 6.06. The molecule has 1 amide bonds. The molecule has 1 saturated heterocycles. The summed E-state index contributed by atoms with van der Waals surface area (Å²) in [6.07, 6.45) is 23.8. The number of carboxylic acids is 1. The van der Waals surface area contributed by atoms with Gasteiger partial charge in [0.25, 0.3) is 0 Å². The highest BCUT2D eigenvalue weighted by Crippen LogP contribution is 2.09. The van der Waals surface area contributed by atoms with Crippen molar-refractivity contribution in [3.05, 3.63) is 24.3 Å². The molecule has 8 heteroatoms. The van der Waals surface area contributed by atoms with Gasteiger partial charge in [-0.15, -0.1) is 0 Å². The van der Waals surface area contributed by atoms with E-state index in [1.165, 1.54) is 50.0 Å². The van der Waals surface area contributed by atoms with Gasteiger partial charge in [-0.05, 0) is 44.9 Å². The highest BCUT2D eigenvalue weighted by atomic mass is 28.3. The van der Waals surface area contributed by atoms with Gasteiger partial charge in [-0.2, -0.15) is 0 Å². The minimum absolute atomic E-state index is 0.103. The Morgan fingerprint density at radius 1 is 1.07 bits per heavy atom. The van der Waals surface area contributed by atoms with Crippen molar-refractivity contribution >= 4 is 32.4 Å². The molecule has 0 spiro atoms. The van der Waals surface area contributed by atoms with Crippen LogP contribution < -0.4 is 0 Å². The van der Waals surface area contributed by atoms with E-state index in [0.29, 0.717) is 23.3 Å². The maximum Gasteiger partial charge on any atom is 0.324 e. The highest BCUT2D eigenvalue weighted by molar-refractivity contribution is 6.27. The molecule has 0 atom stereocenters. The largest absolute Gasteiger partial charge is 0.481 e. The first-order valence-corrected chi connectivity index (χ1v) is 13.5. The molecule has 0 radical (unpaired) electrons. The van der Waals surface area contributed by atoms with E-state index in [1.807, 2.05) is 0 Å². The first-order chi connectivity index (χ1) is 14.6. The third-order valence-electron chi connectivity index (χ3n) is 4.70. The van der Waals surface area contributed by atoms with E-state index in [9.17, 15) is 9.59 Å². The lowest BCUT2D eigenvalue weighted by Gasteiger charge is -2.13. The topological polar surface area (TPSA) is 76.1 Å². The zero-order chi connectivity index (χ0) is 22.3. The number of rotatable bonds is 17. The van der Waals surface area contributed by atoms with E-state index in [-0.39, 0.29) is 5.91 Å². The van der Waals surface area contributed by atoms with Crippen LogP contribution in [-0.2, 0) is 18.2 Å². The Kier molecular flexibility index (Phi) is 21.5. The van der Waals surface area contributed by atoms with Crippen molar-refractivity contribution in [2.45, 2.75) is 96.8 Å².